The fraction of sp³-hybridized carbons (Fsp3) is 0.280. The molecule has 3 aliphatic heterocycles. The molecule has 2 aromatic heterocycles. The number of nitrogens with one attached hydrogen (secondary N) is 1. The molecule has 3 saturated heterocycles. The molecule has 5 heterocycles. The highest BCUT2D eigenvalue weighted by molar-refractivity contribution is 8.18. The zero-order valence-corrected chi connectivity index (χ0v) is 21.7. The topological polar surface area (TPSA) is 135 Å². The van der Waals surface area contributed by atoms with Crippen molar-refractivity contribution in [2.24, 2.45) is 11.8 Å². The van der Waals surface area contributed by atoms with E-state index < -0.39 is 21.2 Å². The van der Waals surface area contributed by atoms with E-state index >= 15 is 0 Å². The highest BCUT2D eigenvalue weighted by Crippen LogP contribution is 2.36. The van der Waals surface area contributed by atoms with Gasteiger partial charge in [-0.3, -0.25) is 14.9 Å². The van der Waals surface area contributed by atoms with Crippen LogP contribution in [0, 0.1) is 11.8 Å². The maximum atomic E-state index is 13.1. The number of anilines is 1. The summed E-state index contributed by atoms with van der Waals surface area (Å²) < 4.78 is 38.9. The van der Waals surface area contributed by atoms with Gasteiger partial charge in [-0.05, 0) is 53.9 Å². The molecule has 3 aliphatic rings. The van der Waals surface area contributed by atoms with E-state index in [0.29, 0.717) is 54.4 Å². The number of amides is 2. The molecule has 11 nitrogen and oxygen atoms in total. The normalized spacial score (nSPS) is 22.7. The van der Waals surface area contributed by atoms with Crippen LogP contribution in [0.1, 0.15) is 11.5 Å². The van der Waals surface area contributed by atoms with E-state index in [1.165, 1.54) is 6.08 Å². The van der Waals surface area contributed by atoms with Gasteiger partial charge in [0.05, 0.1) is 21.8 Å². The molecule has 0 saturated carbocycles. The molecule has 1 aromatic carbocycles. The molecule has 0 spiro atoms. The minimum atomic E-state index is -3.55. The van der Waals surface area contributed by atoms with Crippen molar-refractivity contribution in [3.63, 3.8) is 0 Å². The van der Waals surface area contributed by atoms with Gasteiger partial charge in [0.1, 0.15) is 12.4 Å². The van der Waals surface area contributed by atoms with Gasteiger partial charge in [-0.15, -0.1) is 0 Å². The lowest BCUT2D eigenvalue weighted by Crippen LogP contribution is -2.33. The Hall–Kier alpha value is -3.68. The van der Waals surface area contributed by atoms with Crippen LogP contribution in [0.5, 0.6) is 5.88 Å². The maximum absolute atomic E-state index is 13.1. The summed E-state index contributed by atoms with van der Waals surface area (Å²) in [6.07, 6.45) is 3.08. The summed E-state index contributed by atoms with van der Waals surface area (Å²) in [4.78, 5) is 35.4. The molecule has 3 aromatic rings. The molecular weight excluding hydrogens is 530 g/mol. The van der Waals surface area contributed by atoms with Crippen LogP contribution in [-0.4, -0.2) is 60.0 Å². The lowest BCUT2D eigenvalue weighted by molar-refractivity contribution is -0.115. The Morgan fingerprint density at radius 2 is 1.82 bits per heavy atom. The summed E-state index contributed by atoms with van der Waals surface area (Å²) in [5.74, 6) is 1.10. The SMILES string of the molecule is O=C1NC(=O)C(=Cc2cc(OCc3ccco3)nc(N3CC4CN(S(=O)(=O)c5ccccc5)CC4C3)n2)S1. The summed E-state index contributed by atoms with van der Waals surface area (Å²) >= 11 is 0.807. The average Bonchev–Trinajstić information content (AvgIpc) is 3.68. The largest absolute Gasteiger partial charge is 0.469 e. The third-order valence-electron chi connectivity index (χ3n) is 6.69. The highest BCUT2D eigenvalue weighted by atomic mass is 32.2. The second-order valence-corrected chi connectivity index (χ2v) is 12.2. The van der Waals surface area contributed by atoms with Crippen LogP contribution in [0.3, 0.4) is 0 Å². The van der Waals surface area contributed by atoms with Crippen LogP contribution < -0.4 is 15.0 Å². The number of hydrogen-bond acceptors (Lipinski definition) is 10. The zero-order chi connectivity index (χ0) is 26.3. The lowest BCUT2D eigenvalue weighted by Gasteiger charge is -2.22. The maximum Gasteiger partial charge on any atom is 0.290 e. The Balaban J connectivity index is 1.22. The number of sulfonamides is 1. The molecule has 0 radical (unpaired) electrons. The summed E-state index contributed by atoms with van der Waals surface area (Å²) in [6.45, 7) is 2.16. The minimum Gasteiger partial charge on any atom is -0.469 e. The van der Waals surface area contributed by atoms with Crippen LogP contribution in [0.4, 0.5) is 10.7 Å². The van der Waals surface area contributed by atoms with Crippen molar-refractivity contribution < 1.29 is 27.2 Å². The van der Waals surface area contributed by atoms with Gasteiger partial charge in [-0.25, -0.2) is 13.4 Å². The fourth-order valence-electron chi connectivity index (χ4n) is 4.87. The molecule has 2 amide bonds. The fourth-order valence-corrected chi connectivity index (χ4v) is 7.11. The van der Waals surface area contributed by atoms with Gasteiger partial charge in [0.15, 0.2) is 0 Å². The van der Waals surface area contributed by atoms with Crippen molar-refractivity contribution in [2.75, 3.05) is 31.1 Å². The number of nitrogens with zero attached hydrogens (tertiary/aromatic N) is 4. The molecule has 38 heavy (non-hydrogen) atoms. The Labute approximate surface area is 222 Å². The number of furan rings is 1. The van der Waals surface area contributed by atoms with Crippen LogP contribution in [0.2, 0.25) is 0 Å². The Kier molecular flexibility index (Phi) is 6.41. The van der Waals surface area contributed by atoms with Crippen LogP contribution in [0.25, 0.3) is 6.08 Å². The third kappa shape index (κ3) is 4.91. The summed E-state index contributed by atoms with van der Waals surface area (Å²) in [7, 11) is -3.55. The van der Waals surface area contributed by atoms with E-state index in [1.54, 1.807) is 59.1 Å². The molecule has 2 atom stereocenters. The molecule has 3 fully saturated rings. The van der Waals surface area contributed by atoms with E-state index in [2.05, 4.69) is 15.3 Å². The first kappa shape index (κ1) is 24.6. The number of carbonyl (C=O) groups excluding carboxylic acids is 2. The number of fused-ring (bicyclic) bond motifs is 1. The first-order valence-electron chi connectivity index (χ1n) is 11.9. The number of aromatic nitrogens is 2. The lowest BCUT2D eigenvalue weighted by atomic mass is 10.0. The van der Waals surface area contributed by atoms with Gasteiger partial charge in [-0.1, -0.05) is 18.2 Å². The molecule has 0 bridgehead atoms. The molecule has 13 heteroatoms. The number of benzene rings is 1. The van der Waals surface area contributed by atoms with E-state index in [-0.39, 0.29) is 23.3 Å². The molecule has 196 valence electrons. The zero-order valence-electron chi connectivity index (χ0n) is 20.0. The Morgan fingerprint density at radius 3 is 2.47 bits per heavy atom. The molecule has 1 N–H and O–H groups in total. The van der Waals surface area contributed by atoms with Crippen molar-refractivity contribution >= 4 is 45.0 Å². The minimum absolute atomic E-state index is 0.125. The van der Waals surface area contributed by atoms with Crippen molar-refractivity contribution in [1.29, 1.82) is 0 Å². The molecule has 0 aliphatic carbocycles. The van der Waals surface area contributed by atoms with Crippen molar-refractivity contribution in [2.45, 2.75) is 11.5 Å². The number of thioether (sulfide) groups is 1. The quantitative estimate of drug-likeness (QED) is 0.435. The predicted octanol–water partition coefficient (Wildman–Crippen LogP) is 2.73. The second-order valence-electron chi connectivity index (χ2n) is 9.21. The molecule has 6 rings (SSSR count). The monoisotopic (exact) mass is 553 g/mol. The number of carbonyl (C=O) groups is 2. The first-order chi connectivity index (χ1) is 18.3. The summed E-state index contributed by atoms with van der Waals surface area (Å²) in [6, 6.07) is 13.6. The summed E-state index contributed by atoms with van der Waals surface area (Å²) in [5.41, 5.74) is 0.419. The van der Waals surface area contributed by atoms with Gasteiger partial charge in [0.2, 0.25) is 21.9 Å². The second kappa shape index (κ2) is 9.89. The van der Waals surface area contributed by atoms with Gasteiger partial charge in [0.25, 0.3) is 11.1 Å². The van der Waals surface area contributed by atoms with Gasteiger partial charge in [0, 0.05) is 32.2 Å². The molecule has 2 unspecified atom stereocenters. The number of hydrogen-bond donors (Lipinski definition) is 1. The van der Waals surface area contributed by atoms with E-state index in [1.807, 2.05) is 4.90 Å². The Bertz CT molecular complexity index is 1500. The van der Waals surface area contributed by atoms with Gasteiger partial charge >= 0.3 is 0 Å². The van der Waals surface area contributed by atoms with Crippen molar-refractivity contribution in [3.05, 3.63) is 71.2 Å². The first-order valence-corrected chi connectivity index (χ1v) is 14.2. The van der Waals surface area contributed by atoms with Crippen molar-refractivity contribution in [1.82, 2.24) is 19.6 Å². The number of ether oxygens (including phenoxy) is 1. The van der Waals surface area contributed by atoms with E-state index in [0.717, 1.165) is 11.8 Å². The summed E-state index contributed by atoms with van der Waals surface area (Å²) in [5, 5.41) is 1.80. The predicted molar refractivity (Wildman–Crippen MR) is 139 cm³/mol. The average molecular weight is 554 g/mol. The molecular formula is C25H23N5O6S2. The van der Waals surface area contributed by atoms with Crippen molar-refractivity contribution in [3.8, 4) is 5.88 Å². The highest BCUT2D eigenvalue weighted by Gasteiger charge is 2.45. The standard InChI is InChI=1S/C25H23N5O6S2/c31-23-21(37-25(32)28-23)9-18-10-22(36-15-19-5-4-8-35-19)27-24(26-18)29-11-16-13-30(14-17(16)12-29)38(33,34)20-6-2-1-3-7-20/h1-10,16-17H,11-15H2,(H,28,31,32). The third-order valence-corrected chi connectivity index (χ3v) is 9.35. The van der Waals surface area contributed by atoms with E-state index in [4.69, 9.17) is 9.15 Å². The van der Waals surface area contributed by atoms with Gasteiger partial charge < -0.3 is 14.1 Å². The van der Waals surface area contributed by atoms with Crippen LogP contribution in [-0.2, 0) is 21.4 Å². The smallest absolute Gasteiger partial charge is 0.290 e. The van der Waals surface area contributed by atoms with Crippen LogP contribution >= 0.6 is 11.8 Å². The van der Waals surface area contributed by atoms with Crippen LogP contribution in [0.15, 0.2) is 69.0 Å². The van der Waals surface area contributed by atoms with Gasteiger partial charge in [-0.2, -0.15) is 9.29 Å². The number of imide groups is 1. The number of rotatable bonds is 7. The Morgan fingerprint density at radius 1 is 1.05 bits per heavy atom. The van der Waals surface area contributed by atoms with E-state index in [9.17, 15) is 18.0 Å².